The summed E-state index contributed by atoms with van der Waals surface area (Å²) in [5.74, 6) is 1.92. The Morgan fingerprint density at radius 3 is 1.52 bits per heavy atom. The van der Waals surface area contributed by atoms with Gasteiger partial charge in [-0.1, -0.05) is 182 Å². The highest BCUT2D eigenvalue weighted by molar-refractivity contribution is 6.13. The molecule has 0 saturated heterocycles. The monoisotopic (exact) mass is 712 g/mol. The SMILES string of the molecule is c1ccc(-c2ccc(-c3nc(-c4ccccc4)nc(-c4ccc5c(c4)-n4c6ccccc6c6cccc(c64)C54c5ccccc5-c5ccccc54)n3)cc2)cc1. The van der Waals surface area contributed by atoms with Crippen molar-refractivity contribution < 1.29 is 0 Å². The van der Waals surface area contributed by atoms with Crippen LogP contribution in [0.25, 0.3) is 83.9 Å². The lowest BCUT2D eigenvalue weighted by atomic mass is 9.65. The average Bonchev–Trinajstić information content (AvgIpc) is 3.77. The highest BCUT2D eigenvalue weighted by Gasteiger charge is 2.50. The first-order valence-corrected chi connectivity index (χ1v) is 19.1. The average molecular weight is 713 g/mol. The zero-order valence-electron chi connectivity index (χ0n) is 30.3. The molecule has 56 heavy (non-hydrogen) atoms. The maximum absolute atomic E-state index is 5.22. The summed E-state index contributed by atoms with van der Waals surface area (Å²) in [5, 5.41) is 2.49. The van der Waals surface area contributed by atoms with E-state index in [1.165, 1.54) is 60.8 Å². The largest absolute Gasteiger partial charge is 0.309 e. The molecule has 260 valence electrons. The van der Waals surface area contributed by atoms with Gasteiger partial charge in [0.2, 0.25) is 0 Å². The first kappa shape index (κ1) is 31.0. The van der Waals surface area contributed by atoms with Gasteiger partial charge in [-0.25, -0.2) is 15.0 Å². The fourth-order valence-corrected chi connectivity index (χ4v) is 9.50. The van der Waals surface area contributed by atoms with Crippen LogP contribution in [0.5, 0.6) is 0 Å². The first-order chi connectivity index (χ1) is 27.8. The molecule has 2 aliphatic rings. The van der Waals surface area contributed by atoms with Gasteiger partial charge in [-0.2, -0.15) is 0 Å². The van der Waals surface area contributed by atoms with Crippen molar-refractivity contribution in [2.75, 3.05) is 0 Å². The molecular formula is C52H32N4. The summed E-state index contributed by atoms with van der Waals surface area (Å²) < 4.78 is 2.48. The van der Waals surface area contributed by atoms with Gasteiger partial charge in [-0.05, 0) is 56.6 Å². The summed E-state index contributed by atoms with van der Waals surface area (Å²) >= 11 is 0. The standard InChI is InChI=1S/C52H32N4/c1-3-14-33(15-4-1)34-26-28-36(29-27-34)50-53-49(35-16-5-2-6-17-35)54-51(55-50)37-30-31-44-47(32-37)56-46-25-12-9-20-40(46)41-21-13-24-45(48(41)56)52(44)42-22-10-7-18-38(42)39-19-8-11-23-43(39)52/h1-32H. The van der Waals surface area contributed by atoms with E-state index in [0.717, 1.165) is 27.9 Å². The van der Waals surface area contributed by atoms with Gasteiger partial charge < -0.3 is 4.57 Å². The second kappa shape index (κ2) is 11.8. The van der Waals surface area contributed by atoms with Gasteiger partial charge >= 0.3 is 0 Å². The van der Waals surface area contributed by atoms with Crippen LogP contribution in [0.2, 0.25) is 0 Å². The molecule has 1 aliphatic heterocycles. The molecular weight excluding hydrogens is 681 g/mol. The number of hydrogen-bond donors (Lipinski definition) is 0. The van der Waals surface area contributed by atoms with E-state index in [1.807, 2.05) is 24.3 Å². The summed E-state index contributed by atoms with van der Waals surface area (Å²) in [6, 6.07) is 69.6. The third-order valence-corrected chi connectivity index (χ3v) is 11.9. The summed E-state index contributed by atoms with van der Waals surface area (Å²) in [6.07, 6.45) is 0. The van der Waals surface area contributed by atoms with Gasteiger partial charge in [0.15, 0.2) is 17.5 Å². The number of rotatable bonds is 4. The van der Waals surface area contributed by atoms with Crippen LogP contribution in [0.15, 0.2) is 194 Å². The third-order valence-electron chi connectivity index (χ3n) is 11.9. The minimum Gasteiger partial charge on any atom is -0.309 e. The van der Waals surface area contributed by atoms with Crippen molar-refractivity contribution in [3.05, 3.63) is 216 Å². The quantitative estimate of drug-likeness (QED) is 0.182. The second-order valence-corrected chi connectivity index (χ2v) is 14.7. The molecule has 0 radical (unpaired) electrons. The third kappa shape index (κ3) is 4.27. The van der Waals surface area contributed by atoms with Crippen LogP contribution in [0.4, 0.5) is 0 Å². The lowest BCUT2D eigenvalue weighted by molar-refractivity contribution is 0.748. The Morgan fingerprint density at radius 1 is 0.339 bits per heavy atom. The molecule has 0 amide bonds. The number of para-hydroxylation sites is 2. The van der Waals surface area contributed by atoms with Crippen LogP contribution in [-0.2, 0) is 5.41 Å². The predicted molar refractivity (Wildman–Crippen MR) is 227 cm³/mol. The number of aromatic nitrogens is 4. The molecule has 0 bridgehead atoms. The van der Waals surface area contributed by atoms with Gasteiger partial charge in [0.25, 0.3) is 0 Å². The maximum Gasteiger partial charge on any atom is 0.164 e. The second-order valence-electron chi connectivity index (χ2n) is 14.7. The van der Waals surface area contributed by atoms with Crippen molar-refractivity contribution in [1.82, 2.24) is 19.5 Å². The normalized spacial score (nSPS) is 13.1. The molecule has 1 spiro atoms. The van der Waals surface area contributed by atoms with Crippen molar-refractivity contribution in [2.24, 2.45) is 0 Å². The summed E-state index contributed by atoms with van der Waals surface area (Å²) in [5.41, 5.74) is 15.9. The Kier molecular flexibility index (Phi) is 6.52. The fourth-order valence-electron chi connectivity index (χ4n) is 9.50. The van der Waals surface area contributed by atoms with Crippen molar-refractivity contribution in [2.45, 2.75) is 5.41 Å². The highest BCUT2D eigenvalue weighted by atomic mass is 15.0. The van der Waals surface area contributed by atoms with E-state index in [1.54, 1.807) is 0 Å². The Labute approximate surface area is 324 Å². The van der Waals surface area contributed by atoms with E-state index in [0.29, 0.717) is 17.5 Å². The molecule has 0 unspecified atom stereocenters. The van der Waals surface area contributed by atoms with Crippen LogP contribution in [0, 0.1) is 0 Å². The van der Waals surface area contributed by atoms with E-state index in [-0.39, 0.29) is 0 Å². The Morgan fingerprint density at radius 2 is 0.821 bits per heavy atom. The van der Waals surface area contributed by atoms with E-state index >= 15 is 0 Å². The van der Waals surface area contributed by atoms with Gasteiger partial charge in [0.1, 0.15) is 0 Å². The van der Waals surface area contributed by atoms with Crippen LogP contribution in [-0.4, -0.2) is 19.5 Å². The molecule has 0 saturated carbocycles. The predicted octanol–water partition coefficient (Wildman–Crippen LogP) is 12.3. The minimum absolute atomic E-state index is 0.509. The smallest absolute Gasteiger partial charge is 0.164 e. The maximum atomic E-state index is 5.22. The lowest BCUT2D eigenvalue weighted by Gasteiger charge is -2.39. The topological polar surface area (TPSA) is 43.6 Å². The number of hydrogen-bond acceptors (Lipinski definition) is 3. The molecule has 12 rings (SSSR count). The summed E-state index contributed by atoms with van der Waals surface area (Å²) in [4.78, 5) is 15.5. The van der Waals surface area contributed by atoms with Crippen molar-refractivity contribution in [3.8, 4) is 62.1 Å². The van der Waals surface area contributed by atoms with E-state index in [2.05, 4.69) is 174 Å². The van der Waals surface area contributed by atoms with Crippen LogP contribution in [0.1, 0.15) is 22.3 Å². The van der Waals surface area contributed by atoms with E-state index < -0.39 is 5.41 Å². The van der Waals surface area contributed by atoms with Gasteiger partial charge in [-0.3, -0.25) is 0 Å². The fraction of sp³-hybridized carbons (Fsp3) is 0.0192. The first-order valence-electron chi connectivity index (χ1n) is 19.1. The molecule has 0 fully saturated rings. The molecule has 4 heteroatoms. The molecule has 0 atom stereocenters. The Balaban J connectivity index is 1.13. The van der Waals surface area contributed by atoms with Crippen molar-refractivity contribution in [1.29, 1.82) is 0 Å². The molecule has 3 heterocycles. The van der Waals surface area contributed by atoms with E-state index in [4.69, 9.17) is 15.0 Å². The highest BCUT2D eigenvalue weighted by Crippen LogP contribution is 2.61. The summed E-state index contributed by atoms with van der Waals surface area (Å²) in [7, 11) is 0. The van der Waals surface area contributed by atoms with Crippen LogP contribution in [0.3, 0.4) is 0 Å². The van der Waals surface area contributed by atoms with Gasteiger partial charge in [-0.15, -0.1) is 0 Å². The molecule has 1 aliphatic carbocycles. The van der Waals surface area contributed by atoms with Crippen LogP contribution < -0.4 is 0 Å². The minimum atomic E-state index is -0.509. The summed E-state index contributed by atoms with van der Waals surface area (Å²) in [6.45, 7) is 0. The molecule has 2 aromatic heterocycles. The van der Waals surface area contributed by atoms with Crippen molar-refractivity contribution >= 4 is 21.8 Å². The number of nitrogens with zero attached hydrogens (tertiary/aromatic N) is 4. The van der Waals surface area contributed by atoms with Crippen molar-refractivity contribution in [3.63, 3.8) is 0 Å². The number of benzene rings is 8. The molecule has 10 aromatic rings. The Bertz CT molecular complexity index is 3130. The molecule has 4 nitrogen and oxygen atoms in total. The zero-order valence-corrected chi connectivity index (χ0v) is 30.3. The zero-order chi connectivity index (χ0) is 36.8. The lowest BCUT2D eigenvalue weighted by Crippen LogP contribution is -2.33. The van der Waals surface area contributed by atoms with E-state index in [9.17, 15) is 0 Å². The van der Waals surface area contributed by atoms with Gasteiger partial charge in [0.05, 0.1) is 22.1 Å². The van der Waals surface area contributed by atoms with Gasteiger partial charge in [0, 0.05) is 27.5 Å². The molecule has 0 N–H and O–H groups in total. The number of fused-ring (bicyclic) bond motifs is 12. The van der Waals surface area contributed by atoms with Crippen LogP contribution >= 0.6 is 0 Å². The Hall–Kier alpha value is -7.43. The molecule has 8 aromatic carbocycles.